The van der Waals surface area contributed by atoms with E-state index < -0.39 is 37.1 Å². The lowest BCUT2D eigenvalue weighted by atomic mass is 10.0. The van der Waals surface area contributed by atoms with Gasteiger partial charge in [-0.05, 0) is 6.92 Å². The quantitative estimate of drug-likeness (QED) is 0.286. The minimum Gasteiger partial charge on any atom is -0.394 e. The first kappa shape index (κ1) is 15.4. The van der Waals surface area contributed by atoms with Gasteiger partial charge in [-0.3, -0.25) is 0 Å². The monoisotopic (exact) mass is 238 g/mol. The largest absolute Gasteiger partial charge is 0.394 e. The van der Waals surface area contributed by atoms with Crippen molar-refractivity contribution in [2.75, 3.05) is 13.2 Å². The maximum atomic E-state index is 10.6. The number of hydrogen-bond donors (Lipinski definition) is 5. The number of ether oxygens (including phenoxy) is 1. The van der Waals surface area contributed by atoms with Gasteiger partial charge in [-0.2, -0.15) is 0 Å². The third-order valence-corrected chi connectivity index (χ3v) is 1.93. The molecule has 5 N–H and O–H groups in total. The molecular formula is C9H18O7. The Morgan fingerprint density at radius 3 is 2.12 bits per heavy atom. The van der Waals surface area contributed by atoms with Crippen molar-refractivity contribution in [1.82, 2.24) is 0 Å². The van der Waals surface area contributed by atoms with Crippen LogP contribution < -0.4 is 0 Å². The fourth-order valence-corrected chi connectivity index (χ4v) is 0.999. The highest BCUT2D eigenvalue weighted by Gasteiger charge is 2.31. The minimum absolute atomic E-state index is 0.192. The predicted molar refractivity (Wildman–Crippen MR) is 52.6 cm³/mol. The van der Waals surface area contributed by atoms with E-state index in [0.29, 0.717) is 0 Å². The molecule has 1 unspecified atom stereocenters. The fourth-order valence-electron chi connectivity index (χ4n) is 0.999. The molecule has 0 aliphatic heterocycles. The normalized spacial score (nSPS) is 20.9. The summed E-state index contributed by atoms with van der Waals surface area (Å²) in [5.74, 6) is 0. The Morgan fingerprint density at radius 2 is 1.75 bits per heavy atom. The van der Waals surface area contributed by atoms with Gasteiger partial charge < -0.3 is 35.1 Å². The van der Waals surface area contributed by atoms with Crippen LogP contribution in [0.3, 0.4) is 0 Å². The standard InChI is InChI=1S/C9H18O7/c1-5(12)4-16-7(3-11)9(15)8(14)6(13)2-10/h3,5-10,12-15H,2,4H2,1H3/t5?,6-,7+,8-,9-/m1/s1. The summed E-state index contributed by atoms with van der Waals surface area (Å²) in [5.41, 5.74) is 0. The number of carbonyl (C=O) groups excluding carboxylic acids is 1. The van der Waals surface area contributed by atoms with Gasteiger partial charge in [-0.1, -0.05) is 0 Å². The van der Waals surface area contributed by atoms with Crippen molar-refractivity contribution in [2.24, 2.45) is 0 Å². The van der Waals surface area contributed by atoms with Crippen molar-refractivity contribution in [3.8, 4) is 0 Å². The van der Waals surface area contributed by atoms with Crippen molar-refractivity contribution in [3.63, 3.8) is 0 Å². The number of aldehydes is 1. The van der Waals surface area contributed by atoms with E-state index in [1.54, 1.807) is 0 Å². The Bertz CT molecular complexity index is 196. The van der Waals surface area contributed by atoms with E-state index in [1.165, 1.54) is 6.92 Å². The van der Waals surface area contributed by atoms with Crippen molar-refractivity contribution >= 4 is 6.29 Å². The first-order valence-electron chi connectivity index (χ1n) is 4.84. The number of carbonyl (C=O) groups is 1. The zero-order valence-electron chi connectivity index (χ0n) is 8.93. The molecule has 0 aromatic heterocycles. The second kappa shape index (κ2) is 7.66. The lowest BCUT2D eigenvalue weighted by Crippen LogP contribution is -2.47. The van der Waals surface area contributed by atoms with E-state index >= 15 is 0 Å². The molecule has 7 nitrogen and oxygen atoms in total. The van der Waals surface area contributed by atoms with Crippen molar-refractivity contribution in [2.45, 2.75) is 37.4 Å². The zero-order valence-corrected chi connectivity index (χ0v) is 8.93. The number of aliphatic hydroxyl groups is 5. The van der Waals surface area contributed by atoms with Crippen molar-refractivity contribution in [3.05, 3.63) is 0 Å². The molecule has 0 aliphatic rings. The van der Waals surface area contributed by atoms with E-state index in [1.807, 2.05) is 0 Å². The van der Waals surface area contributed by atoms with Crippen molar-refractivity contribution < 1.29 is 35.1 Å². The van der Waals surface area contributed by atoms with Gasteiger partial charge in [-0.15, -0.1) is 0 Å². The van der Waals surface area contributed by atoms with Gasteiger partial charge in [0.2, 0.25) is 0 Å². The highest BCUT2D eigenvalue weighted by Crippen LogP contribution is 2.07. The molecule has 96 valence electrons. The third-order valence-electron chi connectivity index (χ3n) is 1.93. The molecule has 0 aromatic carbocycles. The molecule has 0 fully saturated rings. The fraction of sp³-hybridized carbons (Fsp3) is 0.889. The van der Waals surface area contributed by atoms with Crippen LogP contribution in [0.25, 0.3) is 0 Å². The van der Waals surface area contributed by atoms with Gasteiger partial charge in [0.05, 0.1) is 19.3 Å². The Kier molecular flexibility index (Phi) is 7.39. The van der Waals surface area contributed by atoms with E-state index in [0.717, 1.165) is 0 Å². The lowest BCUT2D eigenvalue weighted by molar-refractivity contribution is -0.149. The van der Waals surface area contributed by atoms with Gasteiger partial charge in [0, 0.05) is 0 Å². The summed E-state index contributed by atoms with van der Waals surface area (Å²) < 4.78 is 4.81. The van der Waals surface area contributed by atoms with Gasteiger partial charge in [0.1, 0.15) is 24.4 Å². The van der Waals surface area contributed by atoms with E-state index in [9.17, 15) is 15.0 Å². The van der Waals surface area contributed by atoms with Gasteiger partial charge in [0.15, 0.2) is 6.29 Å². The first-order valence-corrected chi connectivity index (χ1v) is 4.84. The van der Waals surface area contributed by atoms with Crippen LogP contribution in [0.4, 0.5) is 0 Å². The van der Waals surface area contributed by atoms with Crippen LogP contribution in [0, 0.1) is 0 Å². The van der Waals surface area contributed by atoms with Crippen LogP contribution in [-0.4, -0.2) is 75.6 Å². The summed E-state index contributed by atoms with van der Waals surface area (Å²) in [5, 5.41) is 45.2. The van der Waals surface area contributed by atoms with Crippen LogP contribution in [0.15, 0.2) is 0 Å². The number of aliphatic hydroxyl groups excluding tert-OH is 5. The Balaban J connectivity index is 4.28. The smallest absolute Gasteiger partial charge is 0.151 e. The van der Waals surface area contributed by atoms with Crippen LogP contribution in [0.2, 0.25) is 0 Å². The second-order valence-electron chi connectivity index (χ2n) is 3.51. The second-order valence-corrected chi connectivity index (χ2v) is 3.51. The van der Waals surface area contributed by atoms with Crippen molar-refractivity contribution in [1.29, 1.82) is 0 Å². The summed E-state index contributed by atoms with van der Waals surface area (Å²) in [6.07, 6.45) is -6.87. The summed E-state index contributed by atoms with van der Waals surface area (Å²) in [7, 11) is 0. The number of rotatable bonds is 8. The summed E-state index contributed by atoms with van der Waals surface area (Å²) in [6, 6.07) is 0. The molecule has 0 rings (SSSR count). The molecule has 16 heavy (non-hydrogen) atoms. The Morgan fingerprint density at radius 1 is 1.19 bits per heavy atom. The van der Waals surface area contributed by atoms with Crippen LogP contribution in [0.1, 0.15) is 6.92 Å². The highest BCUT2D eigenvalue weighted by atomic mass is 16.5. The third kappa shape index (κ3) is 4.97. The molecule has 0 bridgehead atoms. The first-order chi connectivity index (χ1) is 7.43. The Labute approximate surface area is 92.9 Å². The molecule has 0 aliphatic carbocycles. The SMILES string of the molecule is CC(O)CO[C@@H](C=O)[C@@H](O)[C@H](O)[C@H](O)CO. The topological polar surface area (TPSA) is 127 Å². The van der Waals surface area contributed by atoms with Crippen LogP contribution >= 0.6 is 0 Å². The molecular weight excluding hydrogens is 220 g/mol. The molecule has 7 heteroatoms. The van der Waals surface area contributed by atoms with Crippen LogP contribution in [-0.2, 0) is 9.53 Å². The molecule has 0 saturated carbocycles. The van der Waals surface area contributed by atoms with Gasteiger partial charge in [0.25, 0.3) is 0 Å². The molecule has 0 heterocycles. The maximum Gasteiger partial charge on any atom is 0.151 e. The lowest BCUT2D eigenvalue weighted by Gasteiger charge is -2.25. The van der Waals surface area contributed by atoms with Gasteiger partial charge >= 0.3 is 0 Å². The minimum atomic E-state index is -1.70. The molecule has 0 aromatic rings. The average molecular weight is 238 g/mol. The summed E-state index contributed by atoms with van der Waals surface area (Å²) in [6.45, 7) is 0.482. The molecule has 0 saturated heterocycles. The molecule has 0 spiro atoms. The highest BCUT2D eigenvalue weighted by molar-refractivity contribution is 5.57. The molecule has 5 atom stereocenters. The summed E-state index contributed by atoms with van der Waals surface area (Å²) >= 11 is 0. The predicted octanol–water partition coefficient (Wildman–Crippen LogP) is -2.97. The maximum absolute atomic E-state index is 10.6. The molecule has 0 amide bonds. The van der Waals surface area contributed by atoms with E-state index in [-0.39, 0.29) is 12.9 Å². The Hall–Kier alpha value is -0.570. The van der Waals surface area contributed by atoms with E-state index in [2.05, 4.69) is 0 Å². The van der Waals surface area contributed by atoms with Gasteiger partial charge in [-0.25, -0.2) is 0 Å². The number of hydrogen-bond acceptors (Lipinski definition) is 7. The van der Waals surface area contributed by atoms with Crippen LogP contribution in [0.5, 0.6) is 0 Å². The average Bonchev–Trinajstić information content (AvgIpc) is 2.27. The zero-order chi connectivity index (χ0) is 12.7. The molecule has 0 radical (unpaired) electrons. The summed E-state index contributed by atoms with van der Waals surface area (Å²) in [4.78, 5) is 10.6. The van der Waals surface area contributed by atoms with E-state index in [4.69, 9.17) is 20.1 Å².